The Kier molecular flexibility index (Phi) is 5.19. The number of pyridine rings is 2. The lowest BCUT2D eigenvalue weighted by Crippen LogP contribution is -2.25. The molecule has 1 saturated carbocycles. The molecule has 1 aliphatic carbocycles. The van der Waals surface area contributed by atoms with Crippen molar-refractivity contribution in [2.45, 2.75) is 36.6 Å². The van der Waals surface area contributed by atoms with Gasteiger partial charge in [-0.2, -0.15) is 18.3 Å². The maximum absolute atomic E-state index is 13.6. The first-order chi connectivity index (χ1) is 15.7. The number of aromatic nitrogens is 6. The molecule has 1 N–H and O–H groups in total. The first kappa shape index (κ1) is 21.6. The molecule has 0 bridgehead atoms. The van der Waals surface area contributed by atoms with Crippen molar-refractivity contribution >= 4 is 21.0 Å². The molecule has 0 aliphatic heterocycles. The van der Waals surface area contributed by atoms with Gasteiger partial charge in [-0.15, -0.1) is 0 Å². The van der Waals surface area contributed by atoms with Gasteiger partial charge in [0.2, 0.25) is 0 Å². The van der Waals surface area contributed by atoms with E-state index in [1.807, 2.05) is 6.07 Å². The van der Waals surface area contributed by atoms with Crippen LogP contribution in [0.1, 0.15) is 30.7 Å². The molecule has 4 aromatic heterocycles. The van der Waals surface area contributed by atoms with Crippen molar-refractivity contribution in [3.8, 4) is 17.2 Å². The maximum Gasteiger partial charge on any atom is 0.395 e. The average molecular weight is 476 g/mol. The number of aromatic amines is 1. The minimum Gasteiger partial charge on any atom is -0.336 e. The largest absolute Gasteiger partial charge is 0.395 e. The van der Waals surface area contributed by atoms with Gasteiger partial charge in [0.25, 0.3) is 0 Å². The van der Waals surface area contributed by atoms with Crippen LogP contribution < -0.4 is 0 Å². The fourth-order valence-corrected chi connectivity index (χ4v) is 5.44. The van der Waals surface area contributed by atoms with Crippen LogP contribution in [0.4, 0.5) is 13.2 Å². The molecule has 5 rings (SSSR count). The Hall–Kier alpha value is -3.28. The van der Waals surface area contributed by atoms with Gasteiger partial charge in [-0.3, -0.25) is 0 Å². The lowest BCUT2D eigenvalue weighted by molar-refractivity contribution is -0.150. The number of rotatable bonds is 7. The number of alkyl halides is 3. The van der Waals surface area contributed by atoms with Crippen LogP contribution in [-0.4, -0.2) is 55.3 Å². The highest BCUT2D eigenvalue weighted by molar-refractivity contribution is 7.92. The van der Waals surface area contributed by atoms with Crippen LogP contribution in [0.3, 0.4) is 0 Å². The summed E-state index contributed by atoms with van der Waals surface area (Å²) < 4.78 is 66.5. The third-order valence-corrected chi connectivity index (χ3v) is 7.93. The van der Waals surface area contributed by atoms with E-state index < -0.39 is 39.4 Å². The summed E-state index contributed by atoms with van der Waals surface area (Å²) in [5.74, 6) is -1.51. The van der Waals surface area contributed by atoms with Crippen LogP contribution in [0, 0.1) is 0 Å². The molecule has 0 aromatic carbocycles. The summed E-state index contributed by atoms with van der Waals surface area (Å²) in [6.45, 7) is 0. The van der Waals surface area contributed by atoms with Crippen molar-refractivity contribution in [2.75, 3.05) is 5.75 Å². The number of H-pyrrole nitrogens is 1. The molecule has 1 atom stereocenters. The lowest BCUT2D eigenvalue weighted by Gasteiger charge is -2.20. The third kappa shape index (κ3) is 4.47. The monoisotopic (exact) mass is 476 g/mol. The molecular formula is C21H19F3N6O2S. The normalized spacial score (nSPS) is 15.7. The second-order valence-corrected chi connectivity index (χ2v) is 10.4. The number of halogens is 3. The molecule has 33 heavy (non-hydrogen) atoms. The predicted molar refractivity (Wildman–Crippen MR) is 114 cm³/mol. The number of sulfone groups is 1. The minimum absolute atomic E-state index is 0.0759. The second kappa shape index (κ2) is 7.94. The quantitative estimate of drug-likeness (QED) is 0.435. The fourth-order valence-electron chi connectivity index (χ4n) is 3.69. The van der Waals surface area contributed by atoms with E-state index in [0.717, 1.165) is 11.7 Å². The standard InChI is InChI=1S/C21H19F3N6O2S/c22-21(23,24)16(7-9-33(31,32)15-4-5-15)13-3-6-18(26-10-13)30-12-14(11-27-30)19-28-17-2-1-8-25-20(17)29-19/h1-3,6,8,10-12,15-16H,4-5,7,9H2,(H,25,28,29)/t16-/m0/s1. The van der Waals surface area contributed by atoms with Crippen LogP contribution in [0.5, 0.6) is 0 Å². The van der Waals surface area contributed by atoms with Crippen molar-refractivity contribution in [1.82, 2.24) is 29.7 Å². The molecule has 1 fully saturated rings. The van der Waals surface area contributed by atoms with E-state index in [0.29, 0.717) is 35.7 Å². The van der Waals surface area contributed by atoms with Crippen LogP contribution in [-0.2, 0) is 9.84 Å². The summed E-state index contributed by atoms with van der Waals surface area (Å²) in [6, 6.07) is 6.38. The zero-order chi connectivity index (χ0) is 23.2. The van der Waals surface area contributed by atoms with E-state index >= 15 is 0 Å². The molecule has 0 spiro atoms. The lowest BCUT2D eigenvalue weighted by atomic mass is 9.97. The Balaban J connectivity index is 1.36. The van der Waals surface area contributed by atoms with Gasteiger partial charge in [-0.05, 0) is 43.0 Å². The van der Waals surface area contributed by atoms with Crippen LogP contribution in [0.2, 0.25) is 0 Å². The summed E-state index contributed by atoms with van der Waals surface area (Å²) >= 11 is 0. The maximum atomic E-state index is 13.6. The molecule has 4 aromatic rings. The van der Waals surface area contributed by atoms with Crippen molar-refractivity contribution in [3.63, 3.8) is 0 Å². The van der Waals surface area contributed by atoms with Crippen molar-refractivity contribution in [1.29, 1.82) is 0 Å². The van der Waals surface area contributed by atoms with Crippen LogP contribution >= 0.6 is 0 Å². The molecule has 12 heteroatoms. The molecule has 172 valence electrons. The van der Waals surface area contributed by atoms with E-state index in [1.54, 1.807) is 24.7 Å². The van der Waals surface area contributed by atoms with Gasteiger partial charge in [-0.25, -0.2) is 28.1 Å². The topological polar surface area (TPSA) is 106 Å². The Morgan fingerprint density at radius 2 is 1.97 bits per heavy atom. The molecule has 8 nitrogen and oxygen atoms in total. The molecule has 0 radical (unpaired) electrons. The van der Waals surface area contributed by atoms with Crippen molar-refractivity contribution < 1.29 is 21.6 Å². The number of fused-ring (bicyclic) bond motifs is 1. The van der Waals surface area contributed by atoms with E-state index in [9.17, 15) is 21.6 Å². The summed E-state index contributed by atoms with van der Waals surface area (Å²) in [4.78, 5) is 15.8. The molecule has 1 aliphatic rings. The van der Waals surface area contributed by atoms with Crippen molar-refractivity contribution in [2.24, 2.45) is 0 Å². The van der Waals surface area contributed by atoms with Crippen molar-refractivity contribution in [3.05, 3.63) is 54.6 Å². The minimum atomic E-state index is -4.57. The zero-order valence-electron chi connectivity index (χ0n) is 17.2. The number of hydrogen-bond donors (Lipinski definition) is 1. The molecular weight excluding hydrogens is 457 g/mol. The highest BCUT2D eigenvalue weighted by Gasteiger charge is 2.43. The molecule has 0 saturated heterocycles. The third-order valence-electron chi connectivity index (χ3n) is 5.64. The molecule has 4 heterocycles. The van der Waals surface area contributed by atoms with E-state index in [4.69, 9.17) is 0 Å². The van der Waals surface area contributed by atoms with E-state index in [2.05, 4.69) is 25.0 Å². The van der Waals surface area contributed by atoms with Gasteiger partial charge < -0.3 is 4.98 Å². The van der Waals surface area contributed by atoms with Gasteiger partial charge in [-0.1, -0.05) is 6.07 Å². The van der Waals surface area contributed by atoms with Gasteiger partial charge in [0.15, 0.2) is 21.3 Å². The highest BCUT2D eigenvalue weighted by atomic mass is 32.2. The summed E-state index contributed by atoms with van der Waals surface area (Å²) in [5, 5.41) is 3.74. The SMILES string of the molecule is O=S(=O)(CC[C@@H](c1ccc(-n2cc(-c3nc4ncccc4[nH]3)cn2)nc1)C(F)(F)F)C1CC1. The van der Waals surface area contributed by atoms with Crippen LogP contribution in [0.25, 0.3) is 28.4 Å². The summed E-state index contributed by atoms with van der Waals surface area (Å²) in [7, 11) is -3.48. The average Bonchev–Trinajstić information content (AvgIpc) is 3.38. The molecule has 0 unspecified atom stereocenters. The smallest absolute Gasteiger partial charge is 0.336 e. The zero-order valence-corrected chi connectivity index (χ0v) is 18.0. The Morgan fingerprint density at radius 3 is 2.64 bits per heavy atom. The van der Waals surface area contributed by atoms with Crippen LogP contribution in [0.15, 0.2) is 49.1 Å². The van der Waals surface area contributed by atoms with Gasteiger partial charge in [0, 0.05) is 18.6 Å². The van der Waals surface area contributed by atoms with Gasteiger partial charge >= 0.3 is 6.18 Å². The molecule has 0 amide bonds. The summed E-state index contributed by atoms with van der Waals surface area (Å²) in [5.41, 5.74) is 1.92. The Labute approximate surface area is 186 Å². The number of nitrogens with zero attached hydrogens (tertiary/aromatic N) is 5. The Bertz CT molecular complexity index is 1360. The number of imidazole rings is 1. The predicted octanol–water partition coefficient (Wildman–Crippen LogP) is 3.82. The second-order valence-electron chi connectivity index (χ2n) is 8.03. The number of nitrogens with one attached hydrogen (secondary N) is 1. The van der Waals surface area contributed by atoms with Gasteiger partial charge in [0.05, 0.1) is 34.2 Å². The first-order valence-electron chi connectivity index (χ1n) is 10.3. The van der Waals surface area contributed by atoms with Gasteiger partial charge in [0.1, 0.15) is 5.82 Å². The van der Waals surface area contributed by atoms with E-state index in [1.165, 1.54) is 16.8 Å². The summed E-state index contributed by atoms with van der Waals surface area (Å²) in [6.07, 6.45) is 1.96. The van der Waals surface area contributed by atoms with E-state index in [-0.39, 0.29) is 5.56 Å². The number of hydrogen-bond acceptors (Lipinski definition) is 6. The fraction of sp³-hybridized carbons (Fsp3) is 0.333. The Morgan fingerprint density at radius 1 is 1.15 bits per heavy atom. The highest BCUT2D eigenvalue weighted by Crippen LogP contribution is 2.39. The first-order valence-corrected chi connectivity index (χ1v) is 12.0.